The van der Waals surface area contributed by atoms with Crippen LogP contribution in [0.25, 0.3) is 0 Å². The van der Waals surface area contributed by atoms with E-state index in [1.165, 1.54) is 6.42 Å². The fraction of sp³-hybridized carbons (Fsp3) is 0.800. The van der Waals surface area contributed by atoms with Gasteiger partial charge >= 0.3 is 6.09 Å². The summed E-state index contributed by atoms with van der Waals surface area (Å²) in [6.45, 7) is 9.66. The Morgan fingerprint density at radius 1 is 1.50 bits per heavy atom. The van der Waals surface area contributed by atoms with Crippen LogP contribution in [0.1, 0.15) is 40.5 Å². The molecule has 0 aromatic rings. The molecule has 2 heterocycles. The lowest BCUT2D eigenvalue weighted by Gasteiger charge is -2.38. The summed E-state index contributed by atoms with van der Waals surface area (Å²) in [5, 5.41) is 5.93. The zero-order valence-corrected chi connectivity index (χ0v) is 13.7. The Morgan fingerprint density at radius 3 is 2.85 bits per heavy atom. The highest BCUT2D eigenvalue weighted by atomic mass is 32.2. The molecule has 1 fully saturated rings. The maximum Gasteiger partial charge on any atom is 0.410 e. The van der Waals surface area contributed by atoms with Gasteiger partial charge < -0.3 is 15.0 Å². The Bertz CT molecular complexity index is 371. The number of likely N-dealkylation sites (tertiary alicyclic amines) is 1. The molecule has 2 aliphatic heterocycles. The van der Waals surface area contributed by atoms with Gasteiger partial charge in [0.2, 0.25) is 0 Å². The van der Waals surface area contributed by atoms with Crippen molar-refractivity contribution in [2.75, 3.05) is 13.1 Å². The maximum absolute atomic E-state index is 12.2. The van der Waals surface area contributed by atoms with Gasteiger partial charge in [0.25, 0.3) is 0 Å². The number of hydrogen-bond donors (Lipinski definition) is 1. The zero-order chi connectivity index (χ0) is 14.8. The van der Waals surface area contributed by atoms with E-state index >= 15 is 0 Å². The van der Waals surface area contributed by atoms with Gasteiger partial charge in [-0.15, -0.1) is 11.8 Å². The van der Waals surface area contributed by atoms with Crippen molar-refractivity contribution < 1.29 is 9.53 Å². The predicted molar refractivity (Wildman–Crippen MR) is 83.3 cm³/mol. The van der Waals surface area contributed by atoms with Gasteiger partial charge in [0.1, 0.15) is 5.60 Å². The third-order valence-electron chi connectivity index (χ3n) is 3.88. The Kier molecular flexibility index (Phi) is 4.89. The van der Waals surface area contributed by atoms with Crippen molar-refractivity contribution in [3.05, 3.63) is 11.6 Å². The van der Waals surface area contributed by atoms with E-state index in [-0.39, 0.29) is 6.09 Å². The molecule has 1 N–H and O–H groups in total. The van der Waals surface area contributed by atoms with Crippen molar-refractivity contribution in [3.63, 3.8) is 0 Å². The number of nitrogens with zero attached hydrogens (tertiary/aromatic N) is 1. The van der Waals surface area contributed by atoms with Crippen LogP contribution in [0.15, 0.2) is 11.6 Å². The van der Waals surface area contributed by atoms with Crippen molar-refractivity contribution in [3.8, 4) is 0 Å². The van der Waals surface area contributed by atoms with Crippen molar-refractivity contribution in [1.82, 2.24) is 10.2 Å². The lowest BCUT2D eigenvalue weighted by Crippen LogP contribution is -2.46. The number of piperidine rings is 1. The first-order chi connectivity index (χ1) is 9.37. The van der Waals surface area contributed by atoms with Gasteiger partial charge in [0.05, 0.1) is 5.37 Å². The molecule has 2 aliphatic rings. The Labute approximate surface area is 126 Å². The van der Waals surface area contributed by atoms with Crippen LogP contribution in [0.3, 0.4) is 0 Å². The summed E-state index contributed by atoms with van der Waals surface area (Å²) in [5.41, 5.74) is -0.414. The minimum atomic E-state index is -0.414. The van der Waals surface area contributed by atoms with Gasteiger partial charge in [-0.2, -0.15) is 0 Å². The monoisotopic (exact) mass is 298 g/mol. The molecule has 5 heteroatoms. The molecular weight excluding hydrogens is 272 g/mol. The van der Waals surface area contributed by atoms with Crippen LogP contribution < -0.4 is 5.32 Å². The average molecular weight is 298 g/mol. The summed E-state index contributed by atoms with van der Waals surface area (Å²) in [6.07, 6.45) is 4.11. The number of carbonyl (C=O) groups is 1. The van der Waals surface area contributed by atoms with Crippen molar-refractivity contribution in [2.24, 2.45) is 11.8 Å². The SMILES string of the molecule is C[C@H](C1NC=CS1)[C@H]1CCCN(C(=O)OC(C)(C)C)C1. The van der Waals surface area contributed by atoms with Crippen LogP contribution >= 0.6 is 11.8 Å². The largest absolute Gasteiger partial charge is 0.444 e. The van der Waals surface area contributed by atoms with Crippen LogP contribution in [0.2, 0.25) is 0 Å². The maximum atomic E-state index is 12.2. The second kappa shape index (κ2) is 6.29. The molecule has 0 spiro atoms. The highest BCUT2D eigenvalue weighted by Gasteiger charge is 2.33. The van der Waals surface area contributed by atoms with Gasteiger partial charge in [-0.1, -0.05) is 6.92 Å². The van der Waals surface area contributed by atoms with Gasteiger partial charge in [-0.3, -0.25) is 0 Å². The lowest BCUT2D eigenvalue weighted by molar-refractivity contribution is 0.0133. The van der Waals surface area contributed by atoms with E-state index in [0.717, 1.165) is 19.5 Å². The molecule has 2 rings (SSSR count). The number of nitrogens with one attached hydrogen (secondary N) is 1. The average Bonchev–Trinajstić information content (AvgIpc) is 2.90. The molecule has 0 saturated carbocycles. The molecule has 4 nitrogen and oxygen atoms in total. The van der Waals surface area contributed by atoms with Gasteiger partial charge in [-0.05, 0) is 50.9 Å². The minimum Gasteiger partial charge on any atom is -0.444 e. The molecular formula is C15H26N2O2S. The number of ether oxygens (including phenoxy) is 1. The summed E-state index contributed by atoms with van der Waals surface area (Å²) in [7, 11) is 0. The minimum absolute atomic E-state index is 0.167. The fourth-order valence-corrected chi connectivity index (χ4v) is 3.71. The molecule has 3 atom stereocenters. The highest BCUT2D eigenvalue weighted by Crippen LogP contribution is 2.33. The summed E-state index contributed by atoms with van der Waals surface area (Å²) >= 11 is 1.84. The Balaban J connectivity index is 1.89. The first kappa shape index (κ1) is 15.5. The van der Waals surface area contributed by atoms with Crippen LogP contribution in [0.5, 0.6) is 0 Å². The first-order valence-electron chi connectivity index (χ1n) is 7.41. The highest BCUT2D eigenvalue weighted by molar-refractivity contribution is 8.02. The van der Waals surface area contributed by atoms with Crippen LogP contribution in [0, 0.1) is 11.8 Å². The van der Waals surface area contributed by atoms with E-state index in [1.807, 2.05) is 43.6 Å². The van der Waals surface area contributed by atoms with E-state index in [2.05, 4.69) is 17.6 Å². The molecule has 20 heavy (non-hydrogen) atoms. The number of rotatable bonds is 2. The summed E-state index contributed by atoms with van der Waals surface area (Å²) in [5.74, 6) is 1.08. The third-order valence-corrected chi connectivity index (χ3v) is 5.04. The fourth-order valence-electron chi connectivity index (χ4n) is 2.75. The zero-order valence-electron chi connectivity index (χ0n) is 12.9. The van der Waals surface area contributed by atoms with E-state index in [9.17, 15) is 4.79 Å². The molecule has 0 radical (unpaired) electrons. The molecule has 1 amide bonds. The molecule has 1 saturated heterocycles. The Morgan fingerprint density at radius 2 is 2.25 bits per heavy atom. The Hall–Kier alpha value is -0.840. The van der Waals surface area contributed by atoms with Crippen molar-refractivity contribution in [2.45, 2.75) is 51.5 Å². The van der Waals surface area contributed by atoms with Crippen LogP contribution in [-0.2, 0) is 4.74 Å². The molecule has 0 bridgehead atoms. The lowest BCUT2D eigenvalue weighted by atomic mass is 9.86. The standard InChI is InChI=1S/C15H26N2O2S/c1-11(13-16-7-9-20-13)12-6-5-8-17(10-12)14(18)19-15(2,3)4/h7,9,11-13,16H,5-6,8,10H2,1-4H3/t11-,12-,13?/m0/s1. The molecule has 0 aliphatic carbocycles. The summed E-state index contributed by atoms with van der Waals surface area (Å²) in [4.78, 5) is 14.1. The number of carbonyl (C=O) groups excluding carboxylic acids is 1. The number of hydrogen-bond acceptors (Lipinski definition) is 4. The molecule has 0 aromatic heterocycles. The summed E-state index contributed by atoms with van der Waals surface area (Å²) < 4.78 is 5.48. The normalized spacial score (nSPS) is 28.1. The molecule has 0 aromatic carbocycles. The molecule has 1 unspecified atom stereocenters. The molecule has 114 valence electrons. The number of amides is 1. The van der Waals surface area contributed by atoms with Crippen LogP contribution in [0.4, 0.5) is 4.79 Å². The van der Waals surface area contributed by atoms with Gasteiger partial charge in [0, 0.05) is 19.3 Å². The van der Waals surface area contributed by atoms with E-state index < -0.39 is 5.60 Å². The van der Waals surface area contributed by atoms with E-state index in [1.54, 1.807) is 0 Å². The van der Waals surface area contributed by atoms with E-state index in [4.69, 9.17) is 4.74 Å². The second-order valence-electron chi connectivity index (χ2n) is 6.71. The smallest absolute Gasteiger partial charge is 0.410 e. The quantitative estimate of drug-likeness (QED) is 0.848. The van der Waals surface area contributed by atoms with Crippen LogP contribution in [-0.4, -0.2) is 35.1 Å². The number of thioether (sulfide) groups is 1. The second-order valence-corrected chi connectivity index (χ2v) is 7.77. The third kappa shape index (κ3) is 4.08. The summed E-state index contributed by atoms with van der Waals surface area (Å²) in [6, 6.07) is 0. The van der Waals surface area contributed by atoms with Gasteiger partial charge in [0.15, 0.2) is 0 Å². The van der Waals surface area contributed by atoms with Crippen molar-refractivity contribution >= 4 is 17.9 Å². The first-order valence-corrected chi connectivity index (χ1v) is 8.35. The van der Waals surface area contributed by atoms with Gasteiger partial charge in [-0.25, -0.2) is 4.79 Å². The predicted octanol–water partition coefficient (Wildman–Crippen LogP) is 3.40. The topological polar surface area (TPSA) is 41.6 Å². The van der Waals surface area contributed by atoms with E-state index in [0.29, 0.717) is 17.2 Å². The van der Waals surface area contributed by atoms with Crippen molar-refractivity contribution in [1.29, 1.82) is 0 Å².